The molecule has 36 heavy (non-hydrogen) atoms. The fourth-order valence-corrected chi connectivity index (χ4v) is 4.66. The van der Waals surface area contributed by atoms with Gasteiger partial charge in [-0.3, -0.25) is 14.5 Å². The molecule has 0 bridgehead atoms. The van der Waals surface area contributed by atoms with Gasteiger partial charge < -0.3 is 29.0 Å². The molecule has 2 aromatic rings. The van der Waals surface area contributed by atoms with Gasteiger partial charge in [0.25, 0.3) is 11.7 Å². The normalized spacial score (nSPS) is 20.0. The molecule has 0 aliphatic carbocycles. The average Bonchev–Trinajstić information content (AvgIpc) is 3.16. The van der Waals surface area contributed by atoms with Crippen molar-refractivity contribution in [1.29, 1.82) is 0 Å². The number of likely N-dealkylation sites (tertiary alicyclic amines) is 1. The van der Waals surface area contributed by atoms with Crippen LogP contribution in [0.5, 0.6) is 17.2 Å². The molecule has 2 aromatic carbocycles. The van der Waals surface area contributed by atoms with Crippen LogP contribution in [0.15, 0.2) is 42.0 Å². The van der Waals surface area contributed by atoms with Crippen LogP contribution in [-0.2, 0) is 14.3 Å². The third kappa shape index (κ3) is 4.89. The molecule has 0 spiro atoms. The number of amides is 1. The van der Waals surface area contributed by atoms with Crippen LogP contribution in [0, 0.1) is 6.92 Å². The lowest BCUT2D eigenvalue weighted by molar-refractivity contribution is -0.140. The van der Waals surface area contributed by atoms with E-state index in [0.29, 0.717) is 54.7 Å². The number of ketones is 1. The van der Waals surface area contributed by atoms with Gasteiger partial charge in [-0.1, -0.05) is 29.8 Å². The molecule has 4 rings (SSSR count). The molecule has 0 aromatic heterocycles. The first-order valence-corrected chi connectivity index (χ1v) is 11.8. The van der Waals surface area contributed by atoms with E-state index in [9.17, 15) is 14.7 Å². The highest BCUT2D eigenvalue weighted by Gasteiger charge is 2.46. The number of morpholine rings is 1. The lowest BCUT2D eigenvalue weighted by Crippen LogP contribution is -2.42. The predicted molar refractivity (Wildman–Crippen MR) is 134 cm³/mol. The summed E-state index contributed by atoms with van der Waals surface area (Å²) in [6, 6.07) is 9.75. The van der Waals surface area contributed by atoms with Crippen molar-refractivity contribution in [3.63, 3.8) is 0 Å². The number of benzene rings is 2. The van der Waals surface area contributed by atoms with Crippen molar-refractivity contribution < 1.29 is 33.6 Å². The number of Topliss-reactive ketones (excluding diaryl/α,β-unsaturated/α-hetero) is 1. The number of hydrogen-bond acceptors (Lipinski definition) is 8. The van der Waals surface area contributed by atoms with Crippen molar-refractivity contribution in [2.75, 3.05) is 60.7 Å². The van der Waals surface area contributed by atoms with Crippen molar-refractivity contribution in [2.45, 2.75) is 13.0 Å². The van der Waals surface area contributed by atoms with Gasteiger partial charge in [0.05, 0.1) is 46.2 Å². The zero-order valence-corrected chi connectivity index (χ0v) is 21.1. The Morgan fingerprint density at radius 2 is 1.58 bits per heavy atom. The van der Waals surface area contributed by atoms with Crippen LogP contribution in [0.1, 0.15) is 22.7 Å². The number of nitrogens with zero attached hydrogens (tertiary/aromatic N) is 2. The van der Waals surface area contributed by atoms with Crippen molar-refractivity contribution in [2.24, 2.45) is 0 Å². The minimum Gasteiger partial charge on any atom is -0.507 e. The molecular formula is C27H32N2O7. The van der Waals surface area contributed by atoms with E-state index in [4.69, 9.17) is 18.9 Å². The standard InChI is InChI=1S/C27H32N2O7/c1-17-5-7-18(8-6-17)24(30)22-23(19-15-20(33-2)26(35-4)21(16-19)34-3)29(27(32)25(22)31)10-9-28-11-13-36-14-12-28/h5-8,15-16,23,30H,9-14H2,1-4H3/t23-/m0/s1. The highest BCUT2D eigenvalue weighted by Crippen LogP contribution is 2.45. The summed E-state index contributed by atoms with van der Waals surface area (Å²) in [5.74, 6) is -0.431. The minimum absolute atomic E-state index is 0.0279. The van der Waals surface area contributed by atoms with Gasteiger partial charge >= 0.3 is 0 Å². The molecule has 192 valence electrons. The first kappa shape index (κ1) is 25.5. The van der Waals surface area contributed by atoms with Crippen LogP contribution in [0.4, 0.5) is 0 Å². The third-order valence-corrected chi connectivity index (χ3v) is 6.63. The molecule has 0 unspecified atom stereocenters. The van der Waals surface area contributed by atoms with E-state index >= 15 is 0 Å². The second kappa shape index (κ2) is 11.0. The summed E-state index contributed by atoms with van der Waals surface area (Å²) in [6.07, 6.45) is 0. The van der Waals surface area contributed by atoms with Gasteiger partial charge in [-0.15, -0.1) is 0 Å². The van der Waals surface area contributed by atoms with Gasteiger partial charge in [0, 0.05) is 31.7 Å². The maximum absolute atomic E-state index is 13.3. The van der Waals surface area contributed by atoms with Gasteiger partial charge in [-0.05, 0) is 24.6 Å². The SMILES string of the molecule is COc1cc([C@H]2C(=C(O)c3ccc(C)cc3)C(=O)C(=O)N2CCN2CCOCC2)cc(OC)c1OC. The smallest absolute Gasteiger partial charge is 0.295 e. The monoisotopic (exact) mass is 496 g/mol. The Balaban J connectivity index is 1.83. The van der Waals surface area contributed by atoms with E-state index in [2.05, 4.69) is 4.90 Å². The van der Waals surface area contributed by atoms with E-state index < -0.39 is 17.7 Å². The molecule has 9 heteroatoms. The van der Waals surface area contributed by atoms with Gasteiger partial charge in [0.1, 0.15) is 5.76 Å². The van der Waals surface area contributed by atoms with E-state index in [1.54, 1.807) is 24.3 Å². The Labute approximate surface area is 210 Å². The minimum atomic E-state index is -0.832. The molecule has 1 N–H and O–H groups in total. The summed E-state index contributed by atoms with van der Waals surface area (Å²) in [5, 5.41) is 11.3. The van der Waals surface area contributed by atoms with E-state index in [-0.39, 0.29) is 11.3 Å². The number of hydrogen-bond donors (Lipinski definition) is 1. The van der Waals surface area contributed by atoms with Crippen LogP contribution in [-0.4, -0.2) is 87.3 Å². The van der Waals surface area contributed by atoms with E-state index in [1.807, 2.05) is 19.1 Å². The first-order valence-electron chi connectivity index (χ1n) is 11.8. The van der Waals surface area contributed by atoms with E-state index in [1.165, 1.54) is 26.2 Å². The summed E-state index contributed by atoms with van der Waals surface area (Å²) in [6.45, 7) is 5.57. The maximum Gasteiger partial charge on any atom is 0.295 e. The zero-order valence-electron chi connectivity index (χ0n) is 21.1. The molecule has 2 heterocycles. The highest BCUT2D eigenvalue weighted by molar-refractivity contribution is 6.46. The molecule has 2 saturated heterocycles. The molecule has 1 amide bonds. The Hall–Kier alpha value is -3.56. The summed E-state index contributed by atoms with van der Waals surface area (Å²) in [4.78, 5) is 30.3. The number of ether oxygens (including phenoxy) is 4. The Kier molecular flexibility index (Phi) is 7.81. The van der Waals surface area contributed by atoms with Crippen molar-refractivity contribution in [1.82, 2.24) is 9.80 Å². The lowest BCUT2D eigenvalue weighted by Gasteiger charge is -2.31. The molecule has 2 fully saturated rings. The number of aliphatic hydroxyl groups is 1. The fourth-order valence-electron chi connectivity index (χ4n) is 4.66. The summed E-state index contributed by atoms with van der Waals surface area (Å²) in [7, 11) is 4.51. The number of methoxy groups -OCH3 is 3. The van der Waals surface area contributed by atoms with E-state index in [0.717, 1.165) is 18.7 Å². The Morgan fingerprint density at radius 3 is 2.14 bits per heavy atom. The molecule has 2 aliphatic rings. The summed E-state index contributed by atoms with van der Waals surface area (Å²) in [5.41, 5.74) is 2.07. The zero-order chi connectivity index (χ0) is 25.8. The predicted octanol–water partition coefficient (Wildman–Crippen LogP) is 2.77. The van der Waals surface area contributed by atoms with Crippen LogP contribution in [0.2, 0.25) is 0 Å². The van der Waals surface area contributed by atoms with Crippen molar-refractivity contribution in [3.05, 3.63) is 58.7 Å². The van der Waals surface area contributed by atoms with Crippen LogP contribution in [0.3, 0.4) is 0 Å². The number of rotatable bonds is 8. The fraction of sp³-hybridized carbons (Fsp3) is 0.407. The second-order valence-corrected chi connectivity index (χ2v) is 8.77. The number of aryl methyl sites for hydroxylation is 1. The first-order chi connectivity index (χ1) is 17.4. The number of carbonyl (C=O) groups excluding carboxylic acids is 2. The van der Waals surface area contributed by atoms with Gasteiger partial charge in [0.15, 0.2) is 11.5 Å². The highest BCUT2D eigenvalue weighted by atomic mass is 16.5. The largest absolute Gasteiger partial charge is 0.507 e. The second-order valence-electron chi connectivity index (χ2n) is 8.77. The lowest BCUT2D eigenvalue weighted by atomic mass is 9.94. The van der Waals surface area contributed by atoms with Crippen molar-refractivity contribution in [3.8, 4) is 17.2 Å². The van der Waals surface area contributed by atoms with Gasteiger partial charge in [-0.2, -0.15) is 0 Å². The maximum atomic E-state index is 13.3. The number of aliphatic hydroxyl groups excluding tert-OH is 1. The van der Waals surface area contributed by atoms with Crippen molar-refractivity contribution >= 4 is 17.4 Å². The van der Waals surface area contributed by atoms with Gasteiger partial charge in [0.2, 0.25) is 5.75 Å². The molecule has 0 radical (unpaired) electrons. The quantitative estimate of drug-likeness (QED) is 0.339. The summed E-state index contributed by atoms with van der Waals surface area (Å²) < 4.78 is 21.9. The number of carbonyl (C=O) groups is 2. The Morgan fingerprint density at radius 1 is 0.972 bits per heavy atom. The van der Waals surface area contributed by atoms with Crippen LogP contribution < -0.4 is 14.2 Å². The van der Waals surface area contributed by atoms with Crippen LogP contribution in [0.25, 0.3) is 5.76 Å². The topological polar surface area (TPSA) is 97.8 Å². The van der Waals surface area contributed by atoms with Crippen LogP contribution >= 0.6 is 0 Å². The third-order valence-electron chi connectivity index (χ3n) is 6.63. The average molecular weight is 497 g/mol. The summed E-state index contributed by atoms with van der Waals surface area (Å²) >= 11 is 0. The molecule has 9 nitrogen and oxygen atoms in total. The van der Waals surface area contributed by atoms with Gasteiger partial charge in [-0.25, -0.2) is 0 Å². The molecule has 0 saturated carbocycles. The Bertz CT molecular complexity index is 1130. The molecular weight excluding hydrogens is 464 g/mol. The molecule has 2 aliphatic heterocycles. The molecule has 1 atom stereocenters.